The maximum Gasteiger partial charge on any atom is 0.189 e. The summed E-state index contributed by atoms with van der Waals surface area (Å²) in [5.74, 6) is 0.325. The molecule has 0 atom stereocenters. The maximum absolute atomic E-state index is 12.1. The highest BCUT2D eigenvalue weighted by molar-refractivity contribution is 6.30. The molecule has 4 nitrogen and oxygen atoms in total. The number of ketones is 1. The first-order chi connectivity index (χ1) is 10.6. The van der Waals surface area contributed by atoms with Gasteiger partial charge in [-0.15, -0.1) is 0 Å². The van der Waals surface area contributed by atoms with Crippen LogP contribution < -0.4 is 4.74 Å². The van der Waals surface area contributed by atoms with E-state index in [2.05, 4.69) is 0 Å². The molecule has 0 spiro atoms. The molecule has 1 N–H and O–H groups in total. The Kier molecular flexibility index (Phi) is 4.13. The maximum atomic E-state index is 12.1. The number of para-hydroxylation sites is 1. The predicted molar refractivity (Wildman–Crippen MR) is 83.2 cm³/mol. The predicted octanol–water partition coefficient (Wildman–Crippen LogP) is 3.81. The van der Waals surface area contributed by atoms with Gasteiger partial charge in [-0.1, -0.05) is 23.7 Å². The number of allylic oxidation sites excluding steroid dienone is 1. The fraction of sp³-hybridized carbons (Fsp3) is 0.118. The van der Waals surface area contributed by atoms with Gasteiger partial charge in [-0.25, -0.2) is 0 Å². The van der Waals surface area contributed by atoms with Gasteiger partial charge < -0.3 is 14.6 Å². The molecular weight excluding hydrogens is 304 g/mol. The Morgan fingerprint density at radius 1 is 1.27 bits per heavy atom. The summed E-state index contributed by atoms with van der Waals surface area (Å²) < 4.78 is 10.7. The molecule has 0 aliphatic carbocycles. The number of benzene rings is 2. The number of ether oxygens (including phenoxy) is 2. The minimum atomic E-state index is -0.293. The first-order valence-electron chi connectivity index (χ1n) is 6.68. The minimum absolute atomic E-state index is 0.0464. The van der Waals surface area contributed by atoms with Gasteiger partial charge in [0.2, 0.25) is 0 Å². The lowest BCUT2D eigenvalue weighted by molar-refractivity contribution is -0.0165. The van der Waals surface area contributed by atoms with Crippen LogP contribution in [-0.2, 0) is 11.3 Å². The van der Waals surface area contributed by atoms with Crippen LogP contribution in [0.25, 0.3) is 6.08 Å². The van der Waals surface area contributed by atoms with E-state index in [-0.39, 0.29) is 23.9 Å². The number of hydrogen-bond acceptors (Lipinski definition) is 4. The monoisotopic (exact) mass is 316 g/mol. The largest absolute Gasteiger partial charge is 0.507 e. The Morgan fingerprint density at radius 3 is 2.91 bits per heavy atom. The van der Waals surface area contributed by atoms with Crippen molar-refractivity contribution in [2.45, 2.75) is 6.61 Å². The SMILES string of the molecule is O=C(/C=C/c1cc(Cl)cc2c1OCOC2)c1ccccc1O. The lowest BCUT2D eigenvalue weighted by atomic mass is 10.1. The van der Waals surface area contributed by atoms with Gasteiger partial charge in [0.15, 0.2) is 12.6 Å². The van der Waals surface area contributed by atoms with E-state index in [0.29, 0.717) is 22.9 Å². The molecule has 2 aromatic carbocycles. The fourth-order valence-corrected chi connectivity index (χ4v) is 2.52. The van der Waals surface area contributed by atoms with Gasteiger partial charge in [-0.2, -0.15) is 0 Å². The van der Waals surface area contributed by atoms with Crippen molar-refractivity contribution < 1.29 is 19.4 Å². The topological polar surface area (TPSA) is 55.8 Å². The van der Waals surface area contributed by atoms with Crippen molar-refractivity contribution in [1.82, 2.24) is 0 Å². The molecule has 22 heavy (non-hydrogen) atoms. The second kappa shape index (κ2) is 6.22. The van der Waals surface area contributed by atoms with Crippen molar-refractivity contribution in [3.63, 3.8) is 0 Å². The van der Waals surface area contributed by atoms with E-state index in [1.54, 1.807) is 36.4 Å². The van der Waals surface area contributed by atoms with Crippen molar-refractivity contribution in [3.05, 3.63) is 64.2 Å². The smallest absolute Gasteiger partial charge is 0.189 e. The van der Waals surface area contributed by atoms with Crippen LogP contribution in [-0.4, -0.2) is 17.7 Å². The summed E-state index contributed by atoms with van der Waals surface area (Å²) in [4.78, 5) is 12.1. The first-order valence-corrected chi connectivity index (χ1v) is 7.06. The third-order valence-electron chi connectivity index (χ3n) is 3.29. The van der Waals surface area contributed by atoms with Gasteiger partial charge in [-0.05, 0) is 36.4 Å². The Morgan fingerprint density at radius 2 is 2.09 bits per heavy atom. The Bertz CT molecular complexity index is 752. The van der Waals surface area contributed by atoms with E-state index in [1.807, 2.05) is 0 Å². The number of hydrogen-bond donors (Lipinski definition) is 1. The molecule has 0 bridgehead atoms. The number of halogens is 1. The summed E-state index contributed by atoms with van der Waals surface area (Å²) in [5.41, 5.74) is 1.79. The number of phenols is 1. The number of aromatic hydroxyl groups is 1. The molecule has 0 fully saturated rings. The van der Waals surface area contributed by atoms with Crippen LogP contribution in [0.1, 0.15) is 21.5 Å². The molecule has 0 saturated carbocycles. The van der Waals surface area contributed by atoms with Crippen molar-refractivity contribution in [1.29, 1.82) is 0 Å². The molecule has 3 rings (SSSR count). The molecule has 0 aromatic heterocycles. The number of rotatable bonds is 3. The average molecular weight is 317 g/mol. The van der Waals surface area contributed by atoms with Gasteiger partial charge in [0.05, 0.1) is 12.2 Å². The van der Waals surface area contributed by atoms with Crippen LogP contribution in [0, 0.1) is 0 Å². The highest BCUT2D eigenvalue weighted by Gasteiger charge is 2.15. The van der Waals surface area contributed by atoms with Crippen molar-refractivity contribution in [2.24, 2.45) is 0 Å². The lowest BCUT2D eigenvalue weighted by Gasteiger charge is -2.19. The summed E-state index contributed by atoms with van der Waals surface area (Å²) in [6.07, 6.45) is 3.02. The lowest BCUT2D eigenvalue weighted by Crippen LogP contribution is -2.12. The van der Waals surface area contributed by atoms with Crippen LogP contribution in [0.15, 0.2) is 42.5 Å². The number of carbonyl (C=O) groups is 1. The van der Waals surface area contributed by atoms with Crippen molar-refractivity contribution in [3.8, 4) is 11.5 Å². The summed E-state index contributed by atoms with van der Waals surface area (Å²) in [5, 5.41) is 10.2. The molecule has 0 unspecified atom stereocenters. The standard InChI is InChI=1S/C17H13ClO4/c18-13-7-11(17-12(8-13)9-21-10-22-17)5-6-16(20)14-3-1-2-4-15(14)19/h1-8,19H,9-10H2/b6-5+. The number of fused-ring (bicyclic) bond motifs is 1. The molecule has 5 heteroatoms. The third-order valence-corrected chi connectivity index (χ3v) is 3.51. The van der Waals surface area contributed by atoms with E-state index in [4.69, 9.17) is 21.1 Å². The molecular formula is C17H13ClO4. The average Bonchev–Trinajstić information content (AvgIpc) is 2.52. The van der Waals surface area contributed by atoms with Gasteiger partial charge in [-0.3, -0.25) is 4.79 Å². The summed E-state index contributed by atoms with van der Waals surface area (Å²) in [6.45, 7) is 0.590. The van der Waals surface area contributed by atoms with Gasteiger partial charge in [0, 0.05) is 16.1 Å². The molecule has 0 radical (unpaired) electrons. The third kappa shape index (κ3) is 2.98. The highest BCUT2D eigenvalue weighted by atomic mass is 35.5. The zero-order valence-corrected chi connectivity index (χ0v) is 12.3. The molecule has 1 aliphatic rings. The zero-order valence-electron chi connectivity index (χ0n) is 11.6. The number of carbonyl (C=O) groups excluding carboxylic acids is 1. The Balaban J connectivity index is 1.91. The highest BCUT2D eigenvalue weighted by Crippen LogP contribution is 2.32. The molecule has 2 aromatic rings. The Hall–Kier alpha value is -2.30. The molecule has 0 amide bonds. The second-order valence-electron chi connectivity index (χ2n) is 4.81. The van der Waals surface area contributed by atoms with E-state index in [1.165, 1.54) is 12.1 Å². The van der Waals surface area contributed by atoms with E-state index >= 15 is 0 Å². The van der Waals surface area contributed by atoms with E-state index < -0.39 is 0 Å². The van der Waals surface area contributed by atoms with E-state index in [9.17, 15) is 9.90 Å². The molecule has 112 valence electrons. The summed E-state index contributed by atoms with van der Waals surface area (Å²) in [7, 11) is 0. The molecule has 1 aliphatic heterocycles. The van der Waals surface area contributed by atoms with Crippen LogP contribution in [0.2, 0.25) is 5.02 Å². The second-order valence-corrected chi connectivity index (χ2v) is 5.25. The van der Waals surface area contributed by atoms with Crippen LogP contribution in [0.3, 0.4) is 0 Å². The van der Waals surface area contributed by atoms with Crippen LogP contribution in [0.4, 0.5) is 0 Å². The summed E-state index contributed by atoms with van der Waals surface area (Å²) >= 11 is 6.07. The first kappa shape index (κ1) is 14.6. The van der Waals surface area contributed by atoms with Gasteiger partial charge in [0.25, 0.3) is 0 Å². The summed E-state index contributed by atoms with van der Waals surface area (Å²) in [6, 6.07) is 9.90. The quantitative estimate of drug-likeness (QED) is 0.691. The Labute approximate surface area is 132 Å². The van der Waals surface area contributed by atoms with Gasteiger partial charge >= 0.3 is 0 Å². The molecule has 0 saturated heterocycles. The van der Waals surface area contributed by atoms with Crippen molar-refractivity contribution >= 4 is 23.5 Å². The molecule has 1 heterocycles. The van der Waals surface area contributed by atoms with Crippen LogP contribution in [0.5, 0.6) is 11.5 Å². The number of phenolic OH excluding ortho intramolecular Hbond substituents is 1. The van der Waals surface area contributed by atoms with Crippen LogP contribution >= 0.6 is 11.6 Å². The minimum Gasteiger partial charge on any atom is -0.507 e. The van der Waals surface area contributed by atoms with Crippen molar-refractivity contribution in [2.75, 3.05) is 6.79 Å². The van der Waals surface area contributed by atoms with E-state index in [0.717, 1.165) is 5.56 Å². The van der Waals surface area contributed by atoms with Gasteiger partial charge in [0.1, 0.15) is 11.5 Å². The normalized spacial score (nSPS) is 13.7. The zero-order chi connectivity index (χ0) is 15.5. The fourth-order valence-electron chi connectivity index (χ4n) is 2.27.